The predicted octanol–water partition coefficient (Wildman–Crippen LogP) is 1.98. The molecule has 0 saturated carbocycles. The van der Waals surface area contributed by atoms with Gasteiger partial charge in [-0.25, -0.2) is 0 Å². The second-order valence-electron chi connectivity index (χ2n) is 5.98. The fourth-order valence-corrected chi connectivity index (χ4v) is 2.96. The monoisotopic (exact) mass is 313 g/mol. The average molecular weight is 313 g/mol. The summed E-state index contributed by atoms with van der Waals surface area (Å²) in [5.74, 6) is 0. The largest absolute Gasteiger partial charge is 0.394 e. The van der Waals surface area contributed by atoms with Crippen LogP contribution in [0.5, 0.6) is 0 Å². The number of nitrogens with zero attached hydrogens (tertiary/aromatic N) is 1. The number of epoxide rings is 1. The van der Waals surface area contributed by atoms with E-state index in [0.29, 0.717) is 6.54 Å². The third-order valence-corrected chi connectivity index (χ3v) is 4.16. The minimum atomic E-state index is -0.833. The van der Waals surface area contributed by atoms with Gasteiger partial charge >= 0.3 is 0 Å². The molecule has 2 aromatic carbocycles. The van der Waals surface area contributed by atoms with Gasteiger partial charge in [0.2, 0.25) is 0 Å². The van der Waals surface area contributed by atoms with Crippen LogP contribution in [0.4, 0.5) is 0 Å². The van der Waals surface area contributed by atoms with Gasteiger partial charge in [0, 0.05) is 13.1 Å². The molecule has 0 aliphatic carbocycles. The molecule has 0 unspecified atom stereocenters. The van der Waals surface area contributed by atoms with Crippen molar-refractivity contribution in [3.63, 3.8) is 0 Å². The van der Waals surface area contributed by atoms with E-state index in [-0.39, 0.29) is 18.8 Å². The Balaban J connectivity index is 1.86. The Bertz CT molecular complexity index is 586. The molecule has 1 saturated heterocycles. The zero-order valence-corrected chi connectivity index (χ0v) is 13.1. The molecule has 1 fully saturated rings. The molecule has 3 rings (SSSR count). The second-order valence-corrected chi connectivity index (χ2v) is 5.98. The van der Waals surface area contributed by atoms with E-state index in [1.54, 1.807) is 0 Å². The van der Waals surface area contributed by atoms with E-state index >= 15 is 0 Å². The SMILES string of the molecule is OC[C@@H](O)[C@H](c1ccccc1)N(Cc1ccccc1)C[C@H]1CO1. The van der Waals surface area contributed by atoms with Crippen LogP contribution >= 0.6 is 0 Å². The molecule has 0 aromatic heterocycles. The van der Waals surface area contributed by atoms with Gasteiger partial charge in [0.05, 0.1) is 31.5 Å². The summed E-state index contributed by atoms with van der Waals surface area (Å²) in [6.45, 7) is 1.95. The van der Waals surface area contributed by atoms with Crippen LogP contribution in [0.25, 0.3) is 0 Å². The topological polar surface area (TPSA) is 56.2 Å². The van der Waals surface area contributed by atoms with Gasteiger partial charge in [0.15, 0.2) is 0 Å². The molecule has 2 N–H and O–H groups in total. The first-order chi connectivity index (χ1) is 11.3. The summed E-state index contributed by atoms with van der Waals surface area (Å²) in [7, 11) is 0. The quantitative estimate of drug-likeness (QED) is 0.732. The first-order valence-corrected chi connectivity index (χ1v) is 8.01. The lowest BCUT2D eigenvalue weighted by Gasteiger charge is -2.34. The van der Waals surface area contributed by atoms with E-state index < -0.39 is 6.10 Å². The lowest BCUT2D eigenvalue weighted by Crippen LogP contribution is -2.40. The summed E-state index contributed by atoms with van der Waals surface area (Å²) in [6, 6.07) is 19.8. The van der Waals surface area contributed by atoms with E-state index in [1.165, 1.54) is 5.56 Å². The van der Waals surface area contributed by atoms with Gasteiger partial charge in [0.25, 0.3) is 0 Å². The van der Waals surface area contributed by atoms with Gasteiger partial charge in [-0.15, -0.1) is 0 Å². The molecule has 4 nitrogen and oxygen atoms in total. The maximum absolute atomic E-state index is 10.4. The van der Waals surface area contributed by atoms with Gasteiger partial charge < -0.3 is 14.9 Å². The van der Waals surface area contributed by atoms with Crippen LogP contribution in [-0.2, 0) is 11.3 Å². The van der Waals surface area contributed by atoms with Crippen molar-refractivity contribution in [3.05, 3.63) is 71.8 Å². The summed E-state index contributed by atoms with van der Waals surface area (Å²) in [5.41, 5.74) is 2.19. The Morgan fingerprint density at radius 2 is 1.65 bits per heavy atom. The highest BCUT2D eigenvalue weighted by atomic mass is 16.6. The minimum absolute atomic E-state index is 0.218. The number of rotatable bonds is 8. The van der Waals surface area contributed by atoms with Gasteiger partial charge in [-0.05, 0) is 11.1 Å². The summed E-state index contributed by atoms with van der Waals surface area (Å²) in [5, 5.41) is 19.9. The predicted molar refractivity (Wildman–Crippen MR) is 88.9 cm³/mol. The lowest BCUT2D eigenvalue weighted by atomic mass is 9.98. The Labute approximate surface area is 136 Å². The molecule has 1 aliphatic heterocycles. The molecule has 122 valence electrons. The lowest BCUT2D eigenvalue weighted by molar-refractivity contribution is 0.00355. The zero-order chi connectivity index (χ0) is 16.1. The highest BCUT2D eigenvalue weighted by Gasteiger charge is 2.33. The van der Waals surface area contributed by atoms with Gasteiger partial charge in [-0.2, -0.15) is 0 Å². The van der Waals surface area contributed by atoms with Crippen LogP contribution < -0.4 is 0 Å². The fraction of sp³-hybridized carbons (Fsp3) is 0.368. The van der Waals surface area contributed by atoms with Crippen molar-refractivity contribution in [1.29, 1.82) is 0 Å². The standard InChI is InChI=1S/C19H23NO3/c21-13-18(22)19(16-9-5-2-6-10-16)20(12-17-14-23-17)11-15-7-3-1-4-8-15/h1-10,17-19,21-22H,11-14H2/t17-,18+,19-/m0/s1. The molecule has 3 atom stereocenters. The van der Waals surface area contributed by atoms with Crippen LogP contribution in [0.15, 0.2) is 60.7 Å². The Morgan fingerprint density at radius 1 is 1.04 bits per heavy atom. The number of benzene rings is 2. The summed E-state index contributed by atoms with van der Waals surface area (Å²) in [4.78, 5) is 2.20. The highest BCUT2D eigenvalue weighted by Crippen LogP contribution is 2.28. The minimum Gasteiger partial charge on any atom is -0.394 e. The number of hydrogen-bond donors (Lipinski definition) is 2. The number of aliphatic hydroxyl groups is 2. The van der Waals surface area contributed by atoms with E-state index in [0.717, 1.165) is 18.7 Å². The Hall–Kier alpha value is -1.72. The summed E-state index contributed by atoms with van der Waals surface area (Å²) >= 11 is 0. The molecule has 0 spiro atoms. The highest BCUT2D eigenvalue weighted by molar-refractivity contribution is 5.22. The maximum atomic E-state index is 10.4. The van der Waals surface area contributed by atoms with Crippen molar-refractivity contribution in [3.8, 4) is 0 Å². The molecular formula is C19H23NO3. The Kier molecular flexibility index (Phi) is 5.41. The van der Waals surface area contributed by atoms with Crippen LogP contribution in [0.1, 0.15) is 17.2 Å². The number of aliphatic hydroxyl groups excluding tert-OH is 2. The van der Waals surface area contributed by atoms with Crippen molar-refractivity contribution in [2.24, 2.45) is 0 Å². The summed E-state index contributed by atoms with van der Waals surface area (Å²) < 4.78 is 5.39. The van der Waals surface area contributed by atoms with Crippen molar-refractivity contribution in [1.82, 2.24) is 4.90 Å². The molecule has 23 heavy (non-hydrogen) atoms. The van der Waals surface area contributed by atoms with E-state index in [9.17, 15) is 10.2 Å². The van der Waals surface area contributed by atoms with Crippen molar-refractivity contribution in [2.45, 2.75) is 24.8 Å². The maximum Gasteiger partial charge on any atom is 0.0967 e. The first kappa shape index (κ1) is 16.1. The van der Waals surface area contributed by atoms with Crippen molar-refractivity contribution >= 4 is 0 Å². The van der Waals surface area contributed by atoms with Crippen LogP contribution in [-0.4, -0.2) is 47.1 Å². The number of ether oxygens (including phenoxy) is 1. The first-order valence-electron chi connectivity index (χ1n) is 8.01. The van der Waals surface area contributed by atoms with Crippen LogP contribution in [0, 0.1) is 0 Å². The van der Waals surface area contributed by atoms with Gasteiger partial charge in [0.1, 0.15) is 0 Å². The molecule has 2 aromatic rings. The third kappa shape index (κ3) is 4.39. The van der Waals surface area contributed by atoms with Crippen molar-refractivity contribution < 1.29 is 14.9 Å². The van der Waals surface area contributed by atoms with E-state index in [1.807, 2.05) is 48.5 Å². The smallest absolute Gasteiger partial charge is 0.0967 e. The molecule has 0 amide bonds. The normalized spacial score (nSPS) is 19.5. The fourth-order valence-electron chi connectivity index (χ4n) is 2.96. The summed E-state index contributed by atoms with van der Waals surface area (Å²) in [6.07, 6.45) is -0.615. The Morgan fingerprint density at radius 3 is 2.22 bits per heavy atom. The van der Waals surface area contributed by atoms with Crippen LogP contribution in [0.2, 0.25) is 0 Å². The van der Waals surface area contributed by atoms with E-state index in [2.05, 4.69) is 17.0 Å². The molecule has 4 heteroatoms. The van der Waals surface area contributed by atoms with Crippen LogP contribution in [0.3, 0.4) is 0 Å². The molecule has 0 radical (unpaired) electrons. The average Bonchev–Trinajstić information content (AvgIpc) is 3.41. The second kappa shape index (κ2) is 7.70. The third-order valence-electron chi connectivity index (χ3n) is 4.16. The molecule has 1 heterocycles. The van der Waals surface area contributed by atoms with E-state index in [4.69, 9.17) is 4.74 Å². The molecule has 1 aliphatic rings. The molecule has 0 bridgehead atoms. The van der Waals surface area contributed by atoms with Gasteiger partial charge in [-0.1, -0.05) is 60.7 Å². The van der Waals surface area contributed by atoms with Crippen molar-refractivity contribution in [2.75, 3.05) is 19.8 Å². The number of hydrogen-bond acceptors (Lipinski definition) is 4. The molecular weight excluding hydrogens is 290 g/mol. The zero-order valence-electron chi connectivity index (χ0n) is 13.1. The van der Waals surface area contributed by atoms with Gasteiger partial charge in [-0.3, -0.25) is 4.90 Å².